The molecule has 0 saturated carbocycles. The summed E-state index contributed by atoms with van der Waals surface area (Å²) in [6.07, 6.45) is 0. The van der Waals surface area contributed by atoms with Crippen LogP contribution >= 0.6 is 12.6 Å². The number of rotatable bonds is 5. The van der Waals surface area contributed by atoms with E-state index in [2.05, 4.69) is 72.6 Å². The molecule has 0 fully saturated rings. The van der Waals surface area contributed by atoms with Crippen molar-refractivity contribution in [3.63, 3.8) is 0 Å². The molecule has 0 spiro atoms. The van der Waals surface area contributed by atoms with Gasteiger partial charge in [-0.25, -0.2) is 0 Å². The Morgan fingerprint density at radius 2 is 1.09 bits per heavy atom. The summed E-state index contributed by atoms with van der Waals surface area (Å²) in [5, 5.41) is 0.794. The molecule has 22 heavy (non-hydrogen) atoms. The predicted molar refractivity (Wildman–Crippen MR) is 103 cm³/mol. The van der Waals surface area contributed by atoms with Gasteiger partial charge in [0.25, 0.3) is 0 Å². The average molecular weight is 316 g/mol. The van der Waals surface area contributed by atoms with Crippen molar-refractivity contribution in [2.24, 2.45) is 0 Å². The van der Waals surface area contributed by atoms with E-state index < -0.39 is 0 Å². The van der Waals surface area contributed by atoms with E-state index in [1.807, 2.05) is 39.8 Å². The minimum absolute atomic E-state index is 0.794. The van der Waals surface area contributed by atoms with E-state index in [1.54, 1.807) is 0 Å². The third-order valence-corrected chi connectivity index (χ3v) is 3.08. The summed E-state index contributed by atoms with van der Waals surface area (Å²) < 4.78 is 0. The number of nitrogens with zero attached hydrogens (tertiary/aromatic N) is 1. The Balaban J connectivity index is 0.00000102. The zero-order chi connectivity index (χ0) is 16.8. The summed E-state index contributed by atoms with van der Waals surface area (Å²) in [5.41, 5.74) is 2.53. The molecule has 2 aromatic rings. The maximum absolute atomic E-state index is 4.39. The van der Waals surface area contributed by atoms with Crippen LogP contribution in [0.2, 0.25) is 0 Å². The number of hydrogen-bond acceptors (Lipinski definition) is 2. The molecule has 1 nitrogen and oxygen atoms in total. The van der Waals surface area contributed by atoms with Gasteiger partial charge in [-0.3, -0.25) is 0 Å². The molecule has 2 rings (SSSR count). The molecule has 0 aliphatic carbocycles. The minimum Gasteiger partial charge on any atom is -0.358 e. The Bertz CT molecular complexity index is 452. The van der Waals surface area contributed by atoms with Crippen LogP contribution in [-0.4, -0.2) is 4.90 Å². The molecular formula is C20H29NS. The lowest BCUT2D eigenvalue weighted by Crippen LogP contribution is -2.19. The highest BCUT2D eigenvalue weighted by Gasteiger charge is 2.06. The lowest BCUT2D eigenvalue weighted by molar-refractivity contribution is 0.354. The van der Waals surface area contributed by atoms with Gasteiger partial charge in [-0.2, -0.15) is 0 Å². The van der Waals surface area contributed by atoms with Gasteiger partial charge in [-0.1, -0.05) is 94.9 Å². The van der Waals surface area contributed by atoms with Crippen molar-refractivity contribution in [2.75, 3.05) is 0 Å². The summed E-state index contributed by atoms with van der Waals surface area (Å²) in [5.74, 6) is 0. The SMILES string of the molecule is C=C(S)N(Cc1ccccc1)Cc1ccccc1.CC.CC. The van der Waals surface area contributed by atoms with Gasteiger partial charge < -0.3 is 4.90 Å². The van der Waals surface area contributed by atoms with E-state index >= 15 is 0 Å². The molecule has 0 heterocycles. The van der Waals surface area contributed by atoms with Gasteiger partial charge in [-0.15, -0.1) is 12.6 Å². The fourth-order valence-corrected chi connectivity index (χ4v) is 1.99. The second-order valence-corrected chi connectivity index (χ2v) is 4.76. The largest absolute Gasteiger partial charge is 0.358 e. The lowest BCUT2D eigenvalue weighted by Gasteiger charge is -2.24. The summed E-state index contributed by atoms with van der Waals surface area (Å²) >= 11 is 4.39. The van der Waals surface area contributed by atoms with Crippen LogP contribution in [0.3, 0.4) is 0 Å². The average Bonchev–Trinajstić information content (AvgIpc) is 2.60. The van der Waals surface area contributed by atoms with E-state index in [0.717, 1.165) is 18.1 Å². The van der Waals surface area contributed by atoms with E-state index in [0.29, 0.717) is 0 Å². The van der Waals surface area contributed by atoms with Crippen molar-refractivity contribution < 1.29 is 0 Å². The molecule has 0 atom stereocenters. The highest BCUT2D eigenvalue weighted by molar-refractivity contribution is 7.84. The number of hydrogen-bond donors (Lipinski definition) is 1. The molecule has 0 amide bonds. The smallest absolute Gasteiger partial charge is 0.0609 e. The van der Waals surface area contributed by atoms with Crippen LogP contribution in [-0.2, 0) is 13.1 Å². The number of benzene rings is 2. The third kappa shape index (κ3) is 7.94. The van der Waals surface area contributed by atoms with Gasteiger partial charge in [0.2, 0.25) is 0 Å². The lowest BCUT2D eigenvalue weighted by atomic mass is 10.2. The summed E-state index contributed by atoms with van der Waals surface area (Å²) in [4.78, 5) is 2.16. The van der Waals surface area contributed by atoms with E-state index in [-0.39, 0.29) is 0 Å². The van der Waals surface area contributed by atoms with Gasteiger partial charge in [0.1, 0.15) is 0 Å². The van der Waals surface area contributed by atoms with Gasteiger partial charge in [0.05, 0.1) is 5.03 Å². The zero-order valence-electron chi connectivity index (χ0n) is 14.3. The van der Waals surface area contributed by atoms with Crippen LogP contribution in [0, 0.1) is 0 Å². The molecule has 0 radical (unpaired) electrons. The van der Waals surface area contributed by atoms with E-state index in [4.69, 9.17) is 0 Å². The molecule has 0 aliphatic rings. The van der Waals surface area contributed by atoms with Crippen molar-refractivity contribution in [3.05, 3.63) is 83.4 Å². The molecule has 0 aliphatic heterocycles. The summed E-state index contributed by atoms with van der Waals surface area (Å²) in [6, 6.07) is 20.7. The normalized spacial score (nSPS) is 8.77. The maximum atomic E-state index is 4.39. The highest BCUT2D eigenvalue weighted by Crippen LogP contribution is 2.16. The van der Waals surface area contributed by atoms with Crippen LogP contribution < -0.4 is 0 Å². The van der Waals surface area contributed by atoms with Gasteiger partial charge >= 0.3 is 0 Å². The van der Waals surface area contributed by atoms with Gasteiger partial charge in [-0.05, 0) is 11.1 Å². The quantitative estimate of drug-likeness (QED) is 0.648. The van der Waals surface area contributed by atoms with Crippen molar-refractivity contribution in [2.45, 2.75) is 40.8 Å². The number of thiol groups is 1. The van der Waals surface area contributed by atoms with Gasteiger partial charge in [0.15, 0.2) is 0 Å². The molecule has 0 saturated heterocycles. The first-order chi connectivity index (χ1) is 10.8. The molecule has 0 bridgehead atoms. The second kappa shape index (κ2) is 13.0. The van der Waals surface area contributed by atoms with Crippen molar-refractivity contribution in [3.8, 4) is 0 Å². The van der Waals surface area contributed by atoms with E-state index in [9.17, 15) is 0 Å². The monoisotopic (exact) mass is 315 g/mol. The molecule has 2 aromatic carbocycles. The fraction of sp³-hybridized carbons (Fsp3) is 0.300. The maximum Gasteiger partial charge on any atom is 0.0609 e. The third-order valence-electron chi connectivity index (χ3n) is 2.80. The Kier molecular flexibility index (Phi) is 12.0. The summed E-state index contributed by atoms with van der Waals surface area (Å²) in [7, 11) is 0. The minimum atomic E-state index is 0.794. The standard InChI is InChI=1S/C16H17NS.2C2H6/c1-14(18)17(12-15-8-4-2-5-9-15)13-16-10-6-3-7-11-16;2*1-2/h2-11,18H,1,12-13H2;2*1-2H3. The van der Waals surface area contributed by atoms with Crippen molar-refractivity contribution >= 4 is 12.6 Å². The zero-order valence-corrected chi connectivity index (χ0v) is 15.2. The summed E-state index contributed by atoms with van der Waals surface area (Å²) in [6.45, 7) is 13.6. The van der Waals surface area contributed by atoms with Gasteiger partial charge in [0, 0.05) is 13.1 Å². The van der Waals surface area contributed by atoms with Crippen LogP contribution in [0.15, 0.2) is 72.3 Å². The van der Waals surface area contributed by atoms with Crippen molar-refractivity contribution in [1.29, 1.82) is 0 Å². The van der Waals surface area contributed by atoms with Crippen LogP contribution in [0.5, 0.6) is 0 Å². The van der Waals surface area contributed by atoms with Crippen LogP contribution in [0.4, 0.5) is 0 Å². The molecule has 0 N–H and O–H groups in total. The van der Waals surface area contributed by atoms with Crippen LogP contribution in [0.25, 0.3) is 0 Å². The Hall–Kier alpha value is -1.67. The molecule has 0 aromatic heterocycles. The first-order valence-corrected chi connectivity index (χ1v) is 8.41. The molecule has 2 heteroatoms. The fourth-order valence-electron chi connectivity index (χ4n) is 1.85. The predicted octanol–water partition coefficient (Wildman–Crippen LogP) is 6.14. The van der Waals surface area contributed by atoms with E-state index in [1.165, 1.54) is 11.1 Å². The Morgan fingerprint density at radius 3 is 1.36 bits per heavy atom. The molecule has 0 unspecified atom stereocenters. The first kappa shape index (κ1) is 20.3. The Labute approximate surface area is 142 Å². The molecule has 120 valence electrons. The van der Waals surface area contributed by atoms with Crippen molar-refractivity contribution in [1.82, 2.24) is 4.90 Å². The topological polar surface area (TPSA) is 3.24 Å². The molecular weight excluding hydrogens is 286 g/mol. The second-order valence-electron chi connectivity index (χ2n) is 4.24. The highest BCUT2D eigenvalue weighted by atomic mass is 32.1. The van der Waals surface area contributed by atoms with Crippen LogP contribution in [0.1, 0.15) is 38.8 Å². The Morgan fingerprint density at radius 1 is 0.773 bits per heavy atom. The first-order valence-electron chi connectivity index (χ1n) is 7.96.